The van der Waals surface area contributed by atoms with E-state index in [9.17, 15) is 0 Å². The number of ether oxygens (including phenoxy) is 1. The molecule has 0 fully saturated rings. The van der Waals surface area contributed by atoms with E-state index in [4.69, 9.17) is 14.1 Å². The van der Waals surface area contributed by atoms with Gasteiger partial charge < -0.3 is 4.74 Å². The van der Waals surface area contributed by atoms with Gasteiger partial charge in [0.05, 0.1) is 29.7 Å². The smallest absolute Gasteiger partial charge is 0.174 e. The van der Waals surface area contributed by atoms with Crippen LogP contribution in [-0.4, -0.2) is 32.7 Å². The monoisotopic (exact) mass is 242 g/mol. The number of hydrogen-bond acceptors (Lipinski definition) is 6. The lowest BCUT2D eigenvalue weighted by Crippen LogP contribution is -2.10. The summed E-state index contributed by atoms with van der Waals surface area (Å²) in [5.74, 6) is 0. The molecule has 0 aromatic heterocycles. The van der Waals surface area contributed by atoms with Gasteiger partial charge in [0.25, 0.3) is 0 Å². The van der Waals surface area contributed by atoms with Crippen molar-refractivity contribution in [1.82, 2.24) is 5.06 Å². The van der Waals surface area contributed by atoms with Gasteiger partial charge in [0, 0.05) is 14.1 Å². The van der Waals surface area contributed by atoms with Crippen molar-refractivity contribution in [2.24, 2.45) is 4.99 Å². The third-order valence-electron chi connectivity index (χ3n) is 1.47. The highest BCUT2D eigenvalue weighted by Crippen LogP contribution is 2.29. The van der Waals surface area contributed by atoms with E-state index < -0.39 is 0 Å². The number of hydrogen-bond donors (Lipinski definition) is 0. The van der Waals surface area contributed by atoms with Crippen LogP contribution in [-0.2, 0) is 14.1 Å². The maximum absolute atomic E-state index is 4.93. The second-order valence-electron chi connectivity index (χ2n) is 2.98. The zero-order valence-electron chi connectivity index (χ0n) is 9.41. The van der Waals surface area contributed by atoms with Crippen molar-refractivity contribution in [2.45, 2.75) is 4.90 Å². The SMILES string of the molecule is COC=Nc1ccccc1SOON(C)C. The summed E-state index contributed by atoms with van der Waals surface area (Å²) in [5.41, 5.74) is 0.761. The summed E-state index contributed by atoms with van der Waals surface area (Å²) in [6, 6.07) is 7.52. The molecule has 0 spiro atoms. The molecule has 0 heterocycles. The highest BCUT2D eigenvalue weighted by molar-refractivity contribution is 7.94. The van der Waals surface area contributed by atoms with Crippen LogP contribution in [0.3, 0.4) is 0 Å². The van der Waals surface area contributed by atoms with Gasteiger partial charge in [-0.1, -0.05) is 12.1 Å². The Morgan fingerprint density at radius 1 is 1.31 bits per heavy atom. The summed E-state index contributed by atoms with van der Waals surface area (Å²) in [6.45, 7) is 0. The lowest BCUT2D eigenvalue weighted by molar-refractivity contribution is -0.340. The van der Waals surface area contributed by atoms with E-state index in [1.807, 2.05) is 24.3 Å². The predicted octanol–water partition coefficient (Wildman–Crippen LogP) is 2.42. The van der Waals surface area contributed by atoms with E-state index in [1.165, 1.54) is 11.5 Å². The minimum absolute atomic E-state index is 0.761. The van der Waals surface area contributed by atoms with Crippen molar-refractivity contribution in [3.63, 3.8) is 0 Å². The van der Waals surface area contributed by atoms with Crippen molar-refractivity contribution in [2.75, 3.05) is 21.2 Å². The topological polar surface area (TPSA) is 43.3 Å². The van der Waals surface area contributed by atoms with Crippen LogP contribution in [0.15, 0.2) is 34.2 Å². The zero-order valence-corrected chi connectivity index (χ0v) is 10.2. The molecule has 88 valence electrons. The van der Waals surface area contributed by atoms with Crippen molar-refractivity contribution < 1.29 is 14.1 Å². The van der Waals surface area contributed by atoms with Gasteiger partial charge in [0.1, 0.15) is 0 Å². The lowest BCUT2D eigenvalue weighted by Gasteiger charge is -2.08. The first-order valence-electron chi connectivity index (χ1n) is 4.57. The molecule has 0 atom stereocenters. The van der Waals surface area contributed by atoms with Gasteiger partial charge in [-0.3, -0.25) is 0 Å². The van der Waals surface area contributed by atoms with Gasteiger partial charge in [0.15, 0.2) is 6.40 Å². The van der Waals surface area contributed by atoms with Crippen LogP contribution in [0, 0.1) is 0 Å². The molecule has 16 heavy (non-hydrogen) atoms. The van der Waals surface area contributed by atoms with Crippen molar-refractivity contribution in [1.29, 1.82) is 0 Å². The van der Waals surface area contributed by atoms with Gasteiger partial charge in [-0.15, -0.1) is 9.32 Å². The number of benzene rings is 1. The molecule has 0 aliphatic carbocycles. The fourth-order valence-corrected chi connectivity index (χ4v) is 1.42. The van der Waals surface area contributed by atoms with Crippen LogP contribution in [0.25, 0.3) is 0 Å². The third-order valence-corrected chi connectivity index (χ3v) is 2.12. The van der Waals surface area contributed by atoms with Crippen LogP contribution in [0.1, 0.15) is 0 Å². The minimum Gasteiger partial charge on any atom is -0.486 e. The van der Waals surface area contributed by atoms with Gasteiger partial charge in [-0.2, -0.15) is 5.06 Å². The molecule has 1 aromatic carbocycles. The Morgan fingerprint density at radius 3 is 2.75 bits per heavy atom. The molecule has 0 saturated heterocycles. The van der Waals surface area contributed by atoms with E-state index >= 15 is 0 Å². The average Bonchev–Trinajstić information content (AvgIpc) is 2.27. The molecule has 0 aliphatic heterocycles. The second kappa shape index (κ2) is 7.24. The Balaban J connectivity index is 2.60. The summed E-state index contributed by atoms with van der Waals surface area (Å²) in [5, 5.41) is 1.45. The van der Waals surface area contributed by atoms with Gasteiger partial charge in [-0.25, -0.2) is 4.99 Å². The summed E-state index contributed by atoms with van der Waals surface area (Å²) >= 11 is 1.09. The quantitative estimate of drug-likeness (QED) is 0.252. The molecule has 0 saturated carbocycles. The molecule has 1 aromatic rings. The Bertz CT molecular complexity index is 345. The summed E-state index contributed by atoms with van der Waals surface area (Å²) < 4.78 is 9.69. The molecular weight excluding hydrogens is 228 g/mol. The zero-order chi connectivity index (χ0) is 11.8. The van der Waals surface area contributed by atoms with Gasteiger partial charge in [-0.05, 0) is 12.1 Å². The molecular formula is C10H14N2O3S. The number of hydroxylamine groups is 2. The fraction of sp³-hybridized carbons (Fsp3) is 0.300. The number of aliphatic imine (C=N–C) groups is 1. The normalized spacial score (nSPS) is 11.2. The van der Waals surface area contributed by atoms with Crippen LogP contribution >= 0.6 is 12.0 Å². The number of nitrogens with zero attached hydrogens (tertiary/aromatic N) is 2. The molecule has 0 unspecified atom stereocenters. The van der Waals surface area contributed by atoms with Crippen molar-refractivity contribution >= 4 is 24.1 Å². The van der Waals surface area contributed by atoms with Gasteiger partial charge in [0.2, 0.25) is 0 Å². The molecule has 0 amide bonds. The Hall–Kier alpha value is -1.08. The summed E-state index contributed by atoms with van der Waals surface area (Å²) in [4.78, 5) is 9.77. The second-order valence-corrected chi connectivity index (χ2v) is 3.72. The highest BCUT2D eigenvalue weighted by atomic mass is 32.2. The molecule has 0 bridgehead atoms. The molecule has 6 heteroatoms. The standard InChI is InChI=1S/C10H14N2O3S/c1-12(2)14-15-16-10-7-5-4-6-9(10)11-8-13-3/h4-8H,1-3H3. The minimum atomic E-state index is 0.761. The van der Waals surface area contributed by atoms with E-state index in [-0.39, 0.29) is 0 Å². The maximum atomic E-state index is 4.93. The molecule has 5 nitrogen and oxygen atoms in total. The maximum Gasteiger partial charge on any atom is 0.174 e. The summed E-state index contributed by atoms with van der Waals surface area (Å²) in [6.07, 6.45) is 1.37. The first-order valence-corrected chi connectivity index (χ1v) is 5.31. The number of para-hydroxylation sites is 1. The van der Waals surface area contributed by atoms with Crippen LogP contribution < -0.4 is 0 Å². The first kappa shape index (κ1) is 13.0. The van der Waals surface area contributed by atoms with E-state index in [1.54, 1.807) is 21.2 Å². The molecule has 1 rings (SSSR count). The Morgan fingerprint density at radius 2 is 2.06 bits per heavy atom. The molecule has 0 radical (unpaired) electrons. The van der Waals surface area contributed by atoms with E-state index in [2.05, 4.69) is 4.99 Å². The third kappa shape index (κ3) is 4.63. The number of rotatable bonds is 6. The number of methoxy groups -OCH3 is 1. The summed E-state index contributed by atoms with van der Waals surface area (Å²) in [7, 11) is 5.01. The average molecular weight is 242 g/mol. The Labute approximate surface area is 99.1 Å². The highest BCUT2D eigenvalue weighted by Gasteiger charge is 2.02. The molecule has 0 aliphatic rings. The van der Waals surface area contributed by atoms with E-state index in [0.29, 0.717) is 0 Å². The lowest BCUT2D eigenvalue weighted by atomic mass is 10.3. The van der Waals surface area contributed by atoms with Crippen LogP contribution in [0.4, 0.5) is 5.69 Å². The van der Waals surface area contributed by atoms with Gasteiger partial charge >= 0.3 is 0 Å². The largest absolute Gasteiger partial charge is 0.486 e. The van der Waals surface area contributed by atoms with Crippen molar-refractivity contribution in [3.05, 3.63) is 24.3 Å². The van der Waals surface area contributed by atoms with Crippen LogP contribution in [0.5, 0.6) is 0 Å². The van der Waals surface area contributed by atoms with Crippen LogP contribution in [0.2, 0.25) is 0 Å². The van der Waals surface area contributed by atoms with E-state index in [0.717, 1.165) is 22.6 Å². The Kier molecular flexibility index (Phi) is 5.87. The predicted molar refractivity (Wildman–Crippen MR) is 63.3 cm³/mol. The first-order chi connectivity index (χ1) is 7.74. The fourth-order valence-electron chi connectivity index (χ4n) is 0.856. The molecule has 0 N–H and O–H groups in total. The van der Waals surface area contributed by atoms with Crippen molar-refractivity contribution in [3.8, 4) is 0 Å².